The molecule has 7 nitrogen and oxygen atoms in total. The van der Waals surface area contributed by atoms with Gasteiger partial charge in [-0.2, -0.15) is 0 Å². The van der Waals surface area contributed by atoms with Crippen molar-refractivity contribution in [3.63, 3.8) is 0 Å². The van der Waals surface area contributed by atoms with Crippen LogP contribution < -0.4 is 9.62 Å². The van der Waals surface area contributed by atoms with E-state index in [1.807, 2.05) is 37.3 Å². The highest BCUT2D eigenvalue weighted by Crippen LogP contribution is 2.22. The van der Waals surface area contributed by atoms with E-state index in [1.54, 1.807) is 29.2 Å². The highest BCUT2D eigenvalue weighted by atomic mass is 35.5. The number of hydrogen-bond donors (Lipinski definition) is 1. The number of carbonyl (C=O) groups is 2. The maximum absolute atomic E-state index is 13.4. The Morgan fingerprint density at radius 1 is 1.00 bits per heavy atom. The molecule has 0 aliphatic carbocycles. The third kappa shape index (κ3) is 9.47. The first-order valence-corrected chi connectivity index (χ1v) is 14.7. The monoisotopic (exact) mass is 535 g/mol. The van der Waals surface area contributed by atoms with Gasteiger partial charge in [0.15, 0.2) is 0 Å². The second kappa shape index (κ2) is 14.9. The zero-order valence-electron chi connectivity index (χ0n) is 21.5. The molecule has 0 aliphatic rings. The molecule has 0 heterocycles. The van der Waals surface area contributed by atoms with Crippen molar-refractivity contribution in [3.05, 3.63) is 65.2 Å². The fourth-order valence-electron chi connectivity index (χ4n) is 4.04. The summed E-state index contributed by atoms with van der Waals surface area (Å²) in [5, 5.41) is 3.39. The quantitative estimate of drug-likeness (QED) is 0.336. The minimum atomic E-state index is -3.56. The summed E-state index contributed by atoms with van der Waals surface area (Å²) < 4.78 is 26.1. The van der Waals surface area contributed by atoms with Gasteiger partial charge in [0, 0.05) is 31.1 Å². The molecule has 0 bridgehead atoms. The largest absolute Gasteiger partial charge is 0.354 e. The Labute approximate surface area is 220 Å². The topological polar surface area (TPSA) is 86.8 Å². The molecule has 36 heavy (non-hydrogen) atoms. The lowest BCUT2D eigenvalue weighted by molar-refractivity contribution is -0.140. The van der Waals surface area contributed by atoms with E-state index in [1.165, 1.54) is 4.31 Å². The van der Waals surface area contributed by atoms with Gasteiger partial charge in [-0.25, -0.2) is 8.42 Å². The smallest absolute Gasteiger partial charge is 0.242 e. The van der Waals surface area contributed by atoms with E-state index >= 15 is 0 Å². The molecule has 0 aromatic heterocycles. The summed E-state index contributed by atoms with van der Waals surface area (Å²) in [4.78, 5) is 28.0. The third-order valence-corrected chi connectivity index (χ3v) is 7.38. The number of sulfonamides is 1. The Kier molecular flexibility index (Phi) is 12.2. The van der Waals surface area contributed by atoms with E-state index in [-0.39, 0.29) is 24.8 Å². The molecular formula is C27H38ClN3O4S. The van der Waals surface area contributed by atoms with Crippen molar-refractivity contribution >= 4 is 39.1 Å². The number of hydrogen-bond acceptors (Lipinski definition) is 4. The summed E-state index contributed by atoms with van der Waals surface area (Å²) >= 11 is 6.06. The zero-order valence-corrected chi connectivity index (χ0v) is 23.0. The average Bonchev–Trinajstić information content (AvgIpc) is 2.84. The molecule has 0 radical (unpaired) electrons. The van der Waals surface area contributed by atoms with Crippen molar-refractivity contribution in [2.24, 2.45) is 0 Å². The highest BCUT2D eigenvalue weighted by Gasteiger charge is 2.28. The number of amides is 2. The number of nitrogens with one attached hydrogen (secondary N) is 1. The van der Waals surface area contributed by atoms with Gasteiger partial charge in [0.05, 0.1) is 11.9 Å². The van der Waals surface area contributed by atoms with Crippen LogP contribution in [0, 0.1) is 0 Å². The van der Waals surface area contributed by atoms with Crippen LogP contribution in [0.5, 0.6) is 0 Å². The van der Waals surface area contributed by atoms with E-state index in [0.717, 1.165) is 24.7 Å². The Morgan fingerprint density at radius 2 is 1.72 bits per heavy atom. The number of unbranched alkanes of at least 4 members (excludes halogenated alkanes) is 1. The van der Waals surface area contributed by atoms with Gasteiger partial charge >= 0.3 is 0 Å². The Balaban J connectivity index is 2.13. The van der Waals surface area contributed by atoms with Crippen molar-refractivity contribution in [2.45, 2.75) is 58.4 Å². The second-order valence-electron chi connectivity index (χ2n) is 8.81. The van der Waals surface area contributed by atoms with Gasteiger partial charge in [-0.05, 0) is 49.4 Å². The molecule has 1 atom stereocenters. The molecular weight excluding hydrogens is 498 g/mol. The standard InChI is InChI=1S/C27H38ClN3O4S/c1-4-6-18-29-27(33)25(5-2)30(20-17-22-12-8-7-9-13-22)26(32)16-11-19-31(36(3,34)35)24-15-10-14-23(28)21-24/h7-10,12-15,21,25H,4-6,11,16-20H2,1-3H3,(H,29,33)/t25-/m1/s1. The van der Waals surface area contributed by atoms with Gasteiger partial charge < -0.3 is 10.2 Å². The van der Waals surface area contributed by atoms with E-state index in [4.69, 9.17) is 11.6 Å². The van der Waals surface area contributed by atoms with Gasteiger partial charge in [0.1, 0.15) is 6.04 Å². The number of carbonyl (C=O) groups excluding carboxylic acids is 2. The summed E-state index contributed by atoms with van der Waals surface area (Å²) in [6, 6.07) is 15.9. The molecule has 2 aromatic carbocycles. The average molecular weight is 536 g/mol. The maximum Gasteiger partial charge on any atom is 0.242 e. The third-order valence-electron chi connectivity index (χ3n) is 5.95. The summed E-state index contributed by atoms with van der Waals surface area (Å²) in [5.41, 5.74) is 1.54. The lowest BCUT2D eigenvalue weighted by atomic mass is 10.1. The summed E-state index contributed by atoms with van der Waals surface area (Å²) in [6.07, 6.45) is 4.55. The van der Waals surface area contributed by atoms with E-state index in [2.05, 4.69) is 12.2 Å². The predicted octanol–water partition coefficient (Wildman–Crippen LogP) is 4.65. The van der Waals surface area contributed by atoms with Crippen LogP contribution in [0.2, 0.25) is 5.02 Å². The van der Waals surface area contributed by atoms with Crippen LogP contribution in [-0.4, -0.2) is 57.1 Å². The van der Waals surface area contributed by atoms with Gasteiger partial charge in [-0.15, -0.1) is 0 Å². The summed E-state index contributed by atoms with van der Waals surface area (Å²) in [6.45, 7) is 5.08. The summed E-state index contributed by atoms with van der Waals surface area (Å²) in [5.74, 6) is -0.313. The van der Waals surface area contributed by atoms with E-state index < -0.39 is 16.1 Å². The summed E-state index contributed by atoms with van der Waals surface area (Å²) in [7, 11) is -3.56. The lowest BCUT2D eigenvalue weighted by Crippen LogP contribution is -2.50. The number of benzene rings is 2. The zero-order chi connectivity index (χ0) is 26.6. The fourth-order valence-corrected chi connectivity index (χ4v) is 5.18. The van der Waals surface area contributed by atoms with Gasteiger partial charge in [0.25, 0.3) is 0 Å². The van der Waals surface area contributed by atoms with Crippen LogP contribution in [0.15, 0.2) is 54.6 Å². The first-order chi connectivity index (χ1) is 17.2. The van der Waals surface area contributed by atoms with Crippen LogP contribution in [0.1, 0.15) is 51.5 Å². The van der Waals surface area contributed by atoms with Crippen molar-refractivity contribution < 1.29 is 18.0 Å². The van der Waals surface area contributed by atoms with E-state index in [0.29, 0.717) is 43.1 Å². The molecule has 0 unspecified atom stereocenters. The van der Waals surface area contributed by atoms with Crippen LogP contribution in [-0.2, 0) is 26.0 Å². The minimum Gasteiger partial charge on any atom is -0.354 e. The Bertz CT molecular complexity index is 1080. The SMILES string of the molecule is CCCCNC(=O)[C@@H](CC)N(CCc1ccccc1)C(=O)CCCN(c1cccc(Cl)c1)S(C)(=O)=O. The Hall–Kier alpha value is -2.58. The van der Waals surface area contributed by atoms with Gasteiger partial charge in [-0.3, -0.25) is 13.9 Å². The van der Waals surface area contributed by atoms with Crippen LogP contribution >= 0.6 is 11.6 Å². The normalized spacial score (nSPS) is 12.1. The van der Waals surface area contributed by atoms with Crippen LogP contribution in [0.4, 0.5) is 5.69 Å². The molecule has 2 aromatic rings. The molecule has 2 amide bonds. The number of rotatable bonds is 15. The number of nitrogens with zero attached hydrogens (tertiary/aromatic N) is 2. The Morgan fingerprint density at radius 3 is 2.33 bits per heavy atom. The molecule has 0 fully saturated rings. The van der Waals surface area contributed by atoms with Crippen molar-refractivity contribution in [1.29, 1.82) is 0 Å². The molecule has 1 N–H and O–H groups in total. The number of halogens is 1. The molecule has 2 rings (SSSR count). The molecule has 0 saturated carbocycles. The molecule has 198 valence electrons. The molecule has 9 heteroatoms. The number of anilines is 1. The van der Waals surface area contributed by atoms with Crippen molar-refractivity contribution in [2.75, 3.05) is 30.2 Å². The fraction of sp³-hybridized carbons (Fsp3) is 0.481. The first-order valence-electron chi connectivity index (χ1n) is 12.5. The molecule has 0 saturated heterocycles. The molecule has 0 aliphatic heterocycles. The lowest BCUT2D eigenvalue weighted by Gasteiger charge is -2.31. The van der Waals surface area contributed by atoms with Gasteiger partial charge in [0.2, 0.25) is 21.8 Å². The maximum atomic E-state index is 13.4. The highest BCUT2D eigenvalue weighted by molar-refractivity contribution is 7.92. The van der Waals surface area contributed by atoms with Crippen LogP contribution in [0.25, 0.3) is 0 Å². The van der Waals surface area contributed by atoms with Gasteiger partial charge in [-0.1, -0.05) is 68.3 Å². The van der Waals surface area contributed by atoms with E-state index in [9.17, 15) is 18.0 Å². The second-order valence-corrected chi connectivity index (χ2v) is 11.2. The first kappa shape index (κ1) is 29.6. The van der Waals surface area contributed by atoms with Crippen molar-refractivity contribution in [1.82, 2.24) is 10.2 Å². The molecule has 0 spiro atoms. The predicted molar refractivity (Wildman–Crippen MR) is 147 cm³/mol. The van der Waals surface area contributed by atoms with Crippen molar-refractivity contribution in [3.8, 4) is 0 Å². The van der Waals surface area contributed by atoms with Crippen LogP contribution in [0.3, 0.4) is 0 Å². The minimum absolute atomic E-state index is 0.125.